The fourth-order valence-corrected chi connectivity index (χ4v) is 0.754. The van der Waals surface area contributed by atoms with Crippen LogP contribution in [-0.2, 0) is 9.59 Å². The standard InChI is InChI=1S/C7H14N2O3/c1-6(7(8)11)3-2-4-9(12)5-10/h5-6,12H,2-4H2,1H3,(H2,8,11). The number of hydrogen-bond donors (Lipinski definition) is 2. The van der Waals surface area contributed by atoms with E-state index in [1.54, 1.807) is 6.92 Å². The Kier molecular flexibility index (Phi) is 5.03. The molecule has 0 rings (SSSR count). The molecule has 0 heterocycles. The lowest BCUT2D eigenvalue weighted by Crippen LogP contribution is -2.23. The zero-order valence-corrected chi connectivity index (χ0v) is 7.06. The molecule has 0 spiro atoms. The van der Waals surface area contributed by atoms with Gasteiger partial charge in [0.1, 0.15) is 0 Å². The molecule has 0 aliphatic rings. The fraction of sp³-hybridized carbons (Fsp3) is 0.714. The van der Waals surface area contributed by atoms with Crippen LogP contribution >= 0.6 is 0 Å². The van der Waals surface area contributed by atoms with Gasteiger partial charge in [0.05, 0.1) is 0 Å². The molecule has 0 saturated heterocycles. The molecular weight excluding hydrogens is 160 g/mol. The molecule has 0 aromatic carbocycles. The monoisotopic (exact) mass is 174 g/mol. The first-order valence-corrected chi connectivity index (χ1v) is 3.78. The number of nitrogens with two attached hydrogens (primary N) is 1. The first kappa shape index (κ1) is 10.9. The second-order valence-electron chi connectivity index (χ2n) is 2.71. The van der Waals surface area contributed by atoms with Crippen molar-refractivity contribution in [3.63, 3.8) is 0 Å². The quantitative estimate of drug-likeness (QED) is 0.330. The normalized spacial score (nSPS) is 12.2. The van der Waals surface area contributed by atoms with Crippen LogP contribution in [0.5, 0.6) is 0 Å². The zero-order valence-electron chi connectivity index (χ0n) is 7.06. The van der Waals surface area contributed by atoms with Crippen molar-refractivity contribution in [3.8, 4) is 0 Å². The van der Waals surface area contributed by atoms with Crippen LogP contribution < -0.4 is 5.73 Å². The van der Waals surface area contributed by atoms with Gasteiger partial charge in [0, 0.05) is 12.5 Å². The Morgan fingerprint density at radius 1 is 1.75 bits per heavy atom. The van der Waals surface area contributed by atoms with E-state index in [2.05, 4.69) is 0 Å². The van der Waals surface area contributed by atoms with Crippen LogP contribution in [0, 0.1) is 5.92 Å². The van der Waals surface area contributed by atoms with Crippen molar-refractivity contribution in [1.82, 2.24) is 5.06 Å². The molecule has 0 fully saturated rings. The van der Waals surface area contributed by atoms with E-state index in [4.69, 9.17) is 10.9 Å². The van der Waals surface area contributed by atoms with Crippen molar-refractivity contribution >= 4 is 12.3 Å². The Bertz CT molecular complexity index is 161. The van der Waals surface area contributed by atoms with Gasteiger partial charge in [-0.3, -0.25) is 14.8 Å². The van der Waals surface area contributed by atoms with Crippen LogP contribution in [0.4, 0.5) is 0 Å². The molecule has 0 aromatic heterocycles. The number of carbonyl (C=O) groups is 2. The molecule has 3 N–H and O–H groups in total. The molecule has 5 nitrogen and oxygen atoms in total. The van der Waals surface area contributed by atoms with Crippen LogP contribution in [-0.4, -0.2) is 29.1 Å². The van der Waals surface area contributed by atoms with Crippen LogP contribution in [0.25, 0.3) is 0 Å². The predicted molar refractivity (Wildman–Crippen MR) is 42.1 cm³/mol. The van der Waals surface area contributed by atoms with Gasteiger partial charge in [-0.25, -0.2) is 5.06 Å². The highest BCUT2D eigenvalue weighted by Gasteiger charge is 2.08. The lowest BCUT2D eigenvalue weighted by Gasteiger charge is -2.09. The summed E-state index contributed by atoms with van der Waals surface area (Å²) in [5, 5.41) is 9.21. The molecule has 2 amide bonds. The molecule has 0 aliphatic carbocycles. The lowest BCUT2D eigenvalue weighted by molar-refractivity contribution is -0.149. The molecule has 0 saturated carbocycles. The number of carbonyl (C=O) groups excluding carboxylic acids is 2. The summed E-state index contributed by atoms with van der Waals surface area (Å²) in [4.78, 5) is 20.4. The number of rotatable bonds is 6. The maximum absolute atomic E-state index is 10.5. The molecule has 0 aliphatic heterocycles. The second kappa shape index (κ2) is 5.54. The van der Waals surface area contributed by atoms with E-state index in [0.29, 0.717) is 24.3 Å². The third-order valence-corrected chi connectivity index (χ3v) is 1.63. The Morgan fingerprint density at radius 3 is 2.75 bits per heavy atom. The highest BCUT2D eigenvalue weighted by atomic mass is 16.5. The van der Waals surface area contributed by atoms with Crippen LogP contribution in [0.3, 0.4) is 0 Å². The minimum Gasteiger partial charge on any atom is -0.369 e. The zero-order chi connectivity index (χ0) is 9.56. The first-order valence-electron chi connectivity index (χ1n) is 3.78. The van der Waals surface area contributed by atoms with Crippen LogP contribution in [0.1, 0.15) is 19.8 Å². The third-order valence-electron chi connectivity index (χ3n) is 1.63. The molecule has 12 heavy (non-hydrogen) atoms. The fourth-order valence-electron chi connectivity index (χ4n) is 0.754. The summed E-state index contributed by atoms with van der Waals surface area (Å²) in [6.07, 6.45) is 1.48. The Hall–Kier alpha value is -1.10. The minimum atomic E-state index is -0.356. The van der Waals surface area contributed by atoms with Crippen molar-refractivity contribution in [1.29, 1.82) is 0 Å². The summed E-state index contributed by atoms with van der Waals surface area (Å²) in [6, 6.07) is 0. The minimum absolute atomic E-state index is 0.204. The van der Waals surface area contributed by atoms with Crippen molar-refractivity contribution in [2.75, 3.05) is 6.54 Å². The molecule has 1 atom stereocenters. The second-order valence-corrected chi connectivity index (χ2v) is 2.71. The van der Waals surface area contributed by atoms with Crippen LogP contribution in [0.2, 0.25) is 0 Å². The largest absolute Gasteiger partial charge is 0.369 e. The molecule has 0 radical (unpaired) electrons. The maximum atomic E-state index is 10.5. The van der Waals surface area contributed by atoms with E-state index in [1.807, 2.05) is 0 Å². The highest BCUT2D eigenvalue weighted by Crippen LogP contribution is 2.04. The van der Waals surface area contributed by atoms with Gasteiger partial charge in [0.2, 0.25) is 12.3 Å². The SMILES string of the molecule is CC(CCCN(O)C=O)C(N)=O. The van der Waals surface area contributed by atoms with E-state index in [-0.39, 0.29) is 18.4 Å². The van der Waals surface area contributed by atoms with Gasteiger partial charge in [-0.05, 0) is 12.8 Å². The molecule has 70 valence electrons. The van der Waals surface area contributed by atoms with E-state index >= 15 is 0 Å². The van der Waals surface area contributed by atoms with Crippen molar-refractivity contribution in [2.45, 2.75) is 19.8 Å². The van der Waals surface area contributed by atoms with Gasteiger partial charge in [0.15, 0.2) is 0 Å². The summed E-state index contributed by atoms with van der Waals surface area (Å²) < 4.78 is 0. The molecular formula is C7H14N2O3. The van der Waals surface area contributed by atoms with E-state index in [9.17, 15) is 9.59 Å². The van der Waals surface area contributed by atoms with Gasteiger partial charge in [-0.15, -0.1) is 0 Å². The molecule has 5 heteroatoms. The maximum Gasteiger partial charge on any atom is 0.233 e. The number of hydroxylamine groups is 2. The lowest BCUT2D eigenvalue weighted by atomic mass is 10.1. The van der Waals surface area contributed by atoms with Gasteiger partial charge >= 0.3 is 0 Å². The molecule has 1 unspecified atom stereocenters. The number of nitrogens with zero attached hydrogens (tertiary/aromatic N) is 1. The van der Waals surface area contributed by atoms with Crippen LogP contribution in [0.15, 0.2) is 0 Å². The summed E-state index contributed by atoms with van der Waals surface area (Å²) in [5.41, 5.74) is 5.00. The van der Waals surface area contributed by atoms with Gasteiger partial charge in [-0.2, -0.15) is 0 Å². The predicted octanol–water partition coefficient (Wildman–Crippen LogP) is -0.264. The number of amides is 2. The summed E-state index contributed by atoms with van der Waals surface area (Å²) in [6.45, 7) is 1.95. The summed E-state index contributed by atoms with van der Waals surface area (Å²) in [5.74, 6) is -0.560. The summed E-state index contributed by atoms with van der Waals surface area (Å²) in [7, 11) is 0. The van der Waals surface area contributed by atoms with E-state index < -0.39 is 0 Å². The Morgan fingerprint density at radius 2 is 2.33 bits per heavy atom. The van der Waals surface area contributed by atoms with E-state index in [0.717, 1.165) is 0 Å². The first-order chi connectivity index (χ1) is 5.57. The number of primary amides is 1. The van der Waals surface area contributed by atoms with Gasteiger partial charge < -0.3 is 5.73 Å². The number of hydrogen-bond acceptors (Lipinski definition) is 3. The van der Waals surface area contributed by atoms with Gasteiger partial charge in [-0.1, -0.05) is 6.92 Å². The van der Waals surface area contributed by atoms with E-state index in [1.165, 1.54) is 0 Å². The summed E-state index contributed by atoms with van der Waals surface area (Å²) >= 11 is 0. The third kappa shape index (κ3) is 4.68. The Labute approximate surface area is 71.1 Å². The average molecular weight is 174 g/mol. The molecule has 0 bridgehead atoms. The van der Waals surface area contributed by atoms with Gasteiger partial charge in [0.25, 0.3) is 0 Å². The highest BCUT2D eigenvalue weighted by molar-refractivity contribution is 5.76. The average Bonchev–Trinajstić information content (AvgIpc) is 2.03. The van der Waals surface area contributed by atoms with Crippen molar-refractivity contribution < 1.29 is 14.8 Å². The topological polar surface area (TPSA) is 83.6 Å². The molecule has 0 aromatic rings. The smallest absolute Gasteiger partial charge is 0.233 e. The van der Waals surface area contributed by atoms with Crippen molar-refractivity contribution in [2.24, 2.45) is 11.7 Å². The Balaban J connectivity index is 3.43. The van der Waals surface area contributed by atoms with Crippen molar-refractivity contribution in [3.05, 3.63) is 0 Å².